The van der Waals surface area contributed by atoms with E-state index in [2.05, 4.69) is 15.1 Å². The molecule has 2 heterocycles. The van der Waals surface area contributed by atoms with Crippen LogP contribution in [0, 0.1) is 6.92 Å². The van der Waals surface area contributed by atoms with Crippen molar-refractivity contribution >= 4 is 40.8 Å². The van der Waals surface area contributed by atoms with Gasteiger partial charge in [0.2, 0.25) is 0 Å². The zero-order valence-corrected chi connectivity index (χ0v) is 18.9. The lowest BCUT2D eigenvalue weighted by molar-refractivity contribution is -0.137. The van der Waals surface area contributed by atoms with Gasteiger partial charge in [0.25, 0.3) is 0 Å². The van der Waals surface area contributed by atoms with E-state index in [0.717, 1.165) is 37.5 Å². The van der Waals surface area contributed by atoms with E-state index >= 15 is 0 Å². The number of hydrogen-bond donors (Lipinski definition) is 1. The van der Waals surface area contributed by atoms with Gasteiger partial charge in [-0.05, 0) is 61.4 Å². The molecular formula is C23H22Cl2F3N3O. The minimum absolute atomic E-state index is 0. The van der Waals surface area contributed by atoms with Crippen LogP contribution >= 0.6 is 24.0 Å². The molecule has 0 unspecified atom stereocenters. The molecule has 0 radical (unpaired) electrons. The number of aryl methyl sites for hydroxylation is 1. The van der Waals surface area contributed by atoms with Crippen molar-refractivity contribution in [3.63, 3.8) is 0 Å². The molecule has 2 aliphatic rings. The number of hydrogen-bond acceptors (Lipinski definition) is 3. The van der Waals surface area contributed by atoms with Gasteiger partial charge in [0, 0.05) is 6.42 Å². The molecule has 1 saturated carbocycles. The number of H-pyrrole nitrogens is 1. The smallest absolute Gasteiger partial charge is 0.388 e. The lowest BCUT2D eigenvalue weighted by atomic mass is 9.81. The second kappa shape index (κ2) is 8.27. The van der Waals surface area contributed by atoms with Gasteiger partial charge in [-0.1, -0.05) is 41.4 Å². The Bertz CT molecular complexity index is 1200. The zero-order valence-electron chi connectivity index (χ0n) is 17.4. The fourth-order valence-corrected chi connectivity index (χ4v) is 4.99. The number of halogens is 5. The van der Waals surface area contributed by atoms with Crippen molar-refractivity contribution in [3.8, 4) is 11.1 Å². The highest BCUT2D eigenvalue weighted by atomic mass is 35.5. The number of rotatable bonds is 2. The van der Waals surface area contributed by atoms with Crippen LogP contribution in [0.5, 0.6) is 0 Å². The average Bonchev–Trinajstić information content (AvgIpc) is 3.36. The molecular weight excluding hydrogens is 462 g/mol. The molecule has 2 aromatic carbocycles. The minimum atomic E-state index is -4.47. The fraction of sp³-hybridized carbons (Fsp3) is 0.391. The van der Waals surface area contributed by atoms with Crippen molar-refractivity contribution in [1.29, 1.82) is 0 Å². The highest BCUT2D eigenvalue weighted by Crippen LogP contribution is 2.42. The number of imidazole rings is 1. The molecule has 9 heteroatoms. The van der Waals surface area contributed by atoms with E-state index in [0.29, 0.717) is 39.4 Å². The third-order valence-electron chi connectivity index (χ3n) is 6.37. The lowest BCUT2D eigenvalue weighted by Crippen LogP contribution is -2.31. The summed E-state index contributed by atoms with van der Waals surface area (Å²) in [4.78, 5) is 13.7. The Hall–Kier alpha value is -2.25. The van der Waals surface area contributed by atoms with Gasteiger partial charge in [0.05, 0.1) is 21.6 Å². The number of fused-ring (bicyclic) bond motifs is 1. The van der Waals surface area contributed by atoms with Gasteiger partial charge in [0.15, 0.2) is 5.82 Å². The Kier molecular flexibility index (Phi) is 5.92. The van der Waals surface area contributed by atoms with Gasteiger partial charge in [-0.3, -0.25) is 0 Å². The highest BCUT2D eigenvalue weighted by molar-refractivity contribution is 6.35. The maximum absolute atomic E-state index is 13.6. The molecule has 1 N–H and O–H groups in total. The summed E-state index contributed by atoms with van der Waals surface area (Å²) in [5.41, 5.74) is 2.05. The first-order chi connectivity index (χ1) is 14.8. The quantitative estimate of drug-likeness (QED) is 0.411. The molecule has 4 nitrogen and oxygen atoms in total. The van der Waals surface area contributed by atoms with Crippen molar-refractivity contribution in [2.45, 2.75) is 57.2 Å². The summed E-state index contributed by atoms with van der Waals surface area (Å²) in [6, 6.07) is 7.08. The summed E-state index contributed by atoms with van der Waals surface area (Å²) >= 11 is 6.49. The second-order valence-electron chi connectivity index (χ2n) is 8.43. The molecule has 1 aromatic heterocycles. The fourth-order valence-electron chi connectivity index (χ4n) is 4.75. The summed E-state index contributed by atoms with van der Waals surface area (Å²) < 4.78 is 40.7. The highest BCUT2D eigenvalue weighted by Gasteiger charge is 2.41. The molecule has 1 spiro atoms. The first kappa shape index (κ1) is 22.9. The summed E-state index contributed by atoms with van der Waals surface area (Å²) in [6.45, 7) is 1.77. The van der Waals surface area contributed by atoms with Crippen molar-refractivity contribution in [2.75, 3.05) is 0 Å². The molecule has 32 heavy (non-hydrogen) atoms. The van der Waals surface area contributed by atoms with Crippen LogP contribution in [0.3, 0.4) is 0 Å². The Morgan fingerprint density at radius 2 is 1.81 bits per heavy atom. The molecule has 0 saturated heterocycles. The van der Waals surface area contributed by atoms with E-state index in [9.17, 15) is 13.2 Å². The molecule has 170 valence electrons. The first-order valence-corrected chi connectivity index (χ1v) is 10.8. The zero-order chi connectivity index (χ0) is 21.8. The van der Waals surface area contributed by atoms with Crippen LogP contribution in [0.15, 0.2) is 35.5 Å². The molecule has 0 amide bonds. The normalized spacial score (nSPS) is 17.8. The van der Waals surface area contributed by atoms with Crippen LogP contribution in [0.4, 0.5) is 13.2 Å². The predicted octanol–water partition coefficient (Wildman–Crippen LogP) is 7.46. The van der Waals surface area contributed by atoms with E-state index in [4.69, 9.17) is 16.4 Å². The Balaban J connectivity index is 0.00000245. The first-order valence-electron chi connectivity index (χ1n) is 10.4. The van der Waals surface area contributed by atoms with Crippen molar-refractivity contribution in [3.05, 3.63) is 52.3 Å². The molecule has 1 aliphatic heterocycles. The Morgan fingerprint density at radius 3 is 2.53 bits per heavy atom. The third-order valence-corrected chi connectivity index (χ3v) is 6.67. The van der Waals surface area contributed by atoms with E-state index < -0.39 is 11.7 Å². The van der Waals surface area contributed by atoms with Crippen molar-refractivity contribution < 1.29 is 18.0 Å². The number of nitrogens with zero attached hydrogens (tertiary/aromatic N) is 2. The summed E-state index contributed by atoms with van der Waals surface area (Å²) in [5.74, 6) is 0.559. The van der Waals surface area contributed by atoms with E-state index in [1.165, 1.54) is 18.6 Å². The van der Waals surface area contributed by atoms with E-state index in [1.807, 2.05) is 0 Å². The minimum Gasteiger partial charge on any atom is -0.388 e. The Morgan fingerprint density at radius 1 is 1.09 bits per heavy atom. The van der Waals surface area contributed by atoms with Crippen LogP contribution in [0.25, 0.3) is 22.2 Å². The number of oxime groups is 1. The van der Waals surface area contributed by atoms with Gasteiger partial charge in [-0.25, -0.2) is 4.98 Å². The van der Waals surface area contributed by atoms with Gasteiger partial charge in [-0.15, -0.1) is 12.4 Å². The standard InChI is InChI=1S/C23H21ClF3N3O.ClH/c1-13-15(14-7-3-4-8-16(14)23(25,26)27)11-17(24)20-19(13)28-21(29-20)18-12-22(31-30-18)9-5-2-6-10-22;/h3-4,7-8,11H,2,5-6,9-10,12H2,1H3,(H,28,29);1H. The van der Waals surface area contributed by atoms with E-state index in [1.54, 1.807) is 19.1 Å². The Labute approximate surface area is 194 Å². The number of aromatic amines is 1. The van der Waals surface area contributed by atoms with Crippen molar-refractivity contribution in [2.24, 2.45) is 5.16 Å². The SMILES string of the molecule is Cc1c(-c2ccccc2C(F)(F)F)cc(Cl)c2[nH]c(C3=NOC4(CCCCC4)C3)nc12.Cl. The molecule has 5 rings (SSSR count). The molecule has 0 bridgehead atoms. The molecule has 1 fully saturated rings. The molecule has 1 aliphatic carbocycles. The maximum Gasteiger partial charge on any atom is 0.417 e. The lowest BCUT2D eigenvalue weighted by Gasteiger charge is -2.30. The van der Waals surface area contributed by atoms with Crippen LogP contribution < -0.4 is 0 Å². The van der Waals surface area contributed by atoms with Gasteiger partial charge in [-0.2, -0.15) is 13.2 Å². The second-order valence-corrected chi connectivity index (χ2v) is 8.84. The molecule has 0 atom stereocenters. The van der Waals surface area contributed by atoms with E-state index in [-0.39, 0.29) is 23.6 Å². The van der Waals surface area contributed by atoms with Crippen LogP contribution in [-0.2, 0) is 11.0 Å². The summed E-state index contributed by atoms with van der Waals surface area (Å²) in [5, 5.41) is 4.61. The van der Waals surface area contributed by atoms with Crippen LogP contribution in [0.1, 0.15) is 55.5 Å². The number of alkyl halides is 3. The summed E-state index contributed by atoms with van der Waals surface area (Å²) in [6.07, 6.45) is 1.60. The maximum atomic E-state index is 13.6. The summed E-state index contributed by atoms with van der Waals surface area (Å²) in [7, 11) is 0. The number of aromatic nitrogens is 2. The predicted molar refractivity (Wildman–Crippen MR) is 122 cm³/mol. The van der Waals surface area contributed by atoms with Gasteiger partial charge < -0.3 is 9.82 Å². The topological polar surface area (TPSA) is 50.3 Å². The number of benzene rings is 2. The average molecular weight is 484 g/mol. The van der Waals surface area contributed by atoms with Crippen LogP contribution in [-0.4, -0.2) is 21.3 Å². The monoisotopic (exact) mass is 483 g/mol. The van der Waals surface area contributed by atoms with Gasteiger partial charge in [0.1, 0.15) is 11.3 Å². The molecule has 3 aromatic rings. The third kappa shape index (κ3) is 3.86. The van der Waals surface area contributed by atoms with Gasteiger partial charge >= 0.3 is 6.18 Å². The van der Waals surface area contributed by atoms with Crippen molar-refractivity contribution in [1.82, 2.24) is 9.97 Å². The largest absolute Gasteiger partial charge is 0.417 e. The van der Waals surface area contributed by atoms with Crippen LogP contribution in [0.2, 0.25) is 5.02 Å². The number of nitrogens with one attached hydrogen (secondary N) is 1.